The lowest BCUT2D eigenvalue weighted by Crippen LogP contribution is -2.37. The Morgan fingerprint density at radius 1 is 1.12 bits per heavy atom. The van der Waals surface area contributed by atoms with Crippen molar-refractivity contribution in [2.24, 2.45) is 7.05 Å². The molecule has 212 valence electrons. The Morgan fingerprint density at radius 3 is 2.71 bits per heavy atom. The van der Waals surface area contributed by atoms with Crippen LogP contribution in [0.3, 0.4) is 0 Å². The van der Waals surface area contributed by atoms with Crippen molar-refractivity contribution >= 4 is 28.1 Å². The molecule has 41 heavy (non-hydrogen) atoms. The van der Waals surface area contributed by atoms with Gasteiger partial charge in [0.1, 0.15) is 54.4 Å². The van der Waals surface area contributed by atoms with Crippen LogP contribution in [-0.2, 0) is 11.8 Å². The number of benzene rings is 1. The molecule has 7 rings (SSSR count). The minimum absolute atomic E-state index is 0.0371. The van der Waals surface area contributed by atoms with E-state index in [4.69, 9.17) is 20.2 Å². The van der Waals surface area contributed by atoms with E-state index in [1.54, 1.807) is 9.20 Å². The number of nitrogens with zero attached hydrogens (tertiary/aromatic N) is 7. The number of anilines is 2. The summed E-state index contributed by atoms with van der Waals surface area (Å²) in [6.45, 7) is 0.0371. The third-order valence-corrected chi connectivity index (χ3v) is 8.30. The van der Waals surface area contributed by atoms with Crippen molar-refractivity contribution < 1.29 is 19.7 Å². The van der Waals surface area contributed by atoms with Crippen molar-refractivity contribution in [1.29, 1.82) is 0 Å². The second kappa shape index (κ2) is 9.98. The molecule has 1 saturated heterocycles. The van der Waals surface area contributed by atoms with Gasteiger partial charge in [-0.3, -0.25) is 4.68 Å². The van der Waals surface area contributed by atoms with Crippen molar-refractivity contribution in [2.45, 2.75) is 49.7 Å². The molecule has 4 aromatic heterocycles. The van der Waals surface area contributed by atoms with Crippen molar-refractivity contribution in [3.8, 4) is 17.0 Å². The maximum atomic E-state index is 11.0. The highest BCUT2D eigenvalue weighted by Crippen LogP contribution is 2.39. The van der Waals surface area contributed by atoms with E-state index in [-0.39, 0.29) is 12.4 Å². The second-order valence-electron chi connectivity index (χ2n) is 10.9. The number of nitrogen functional groups attached to an aromatic ring is 1. The second-order valence-corrected chi connectivity index (χ2v) is 10.9. The molecule has 2 aliphatic rings. The third-order valence-electron chi connectivity index (χ3n) is 8.30. The van der Waals surface area contributed by atoms with Gasteiger partial charge in [-0.1, -0.05) is 0 Å². The zero-order valence-corrected chi connectivity index (χ0v) is 22.8. The summed E-state index contributed by atoms with van der Waals surface area (Å²) >= 11 is 0. The first-order valence-corrected chi connectivity index (χ1v) is 13.8. The Kier molecular flexibility index (Phi) is 6.25. The molecule has 1 aromatic carbocycles. The standard InChI is InChI=1S/C29H32N8O4/c1-35-11-10-20(34-35)19-13-22(37-25(19)29(30)31-15-32-37)28-27(39)26(38)23(41-28)14-40-18-8-6-16-7-9-24(33-21(16)12-18)36(2)17-4-3-5-17/h6-13,15,17,23,26-28,38-39H,3-5,14H2,1-2H3,(H2,30,31,32)/t23-,26-,27-,28+/m1/s1. The Morgan fingerprint density at radius 2 is 1.95 bits per heavy atom. The number of rotatable bonds is 7. The van der Waals surface area contributed by atoms with Gasteiger partial charge in [-0.15, -0.1) is 0 Å². The van der Waals surface area contributed by atoms with Gasteiger partial charge in [0.25, 0.3) is 0 Å². The van der Waals surface area contributed by atoms with E-state index in [1.807, 2.05) is 43.6 Å². The zero-order valence-electron chi connectivity index (χ0n) is 22.8. The molecule has 4 atom stereocenters. The number of nitrogens with two attached hydrogens (primary N) is 1. The molecule has 4 N–H and O–H groups in total. The number of ether oxygens (including phenoxy) is 2. The predicted octanol–water partition coefficient (Wildman–Crippen LogP) is 2.49. The highest BCUT2D eigenvalue weighted by atomic mass is 16.6. The largest absolute Gasteiger partial charge is 0.491 e. The van der Waals surface area contributed by atoms with Crippen LogP contribution in [0, 0.1) is 0 Å². The molecule has 1 saturated carbocycles. The number of aromatic nitrogens is 6. The van der Waals surface area contributed by atoms with Crippen molar-refractivity contribution in [2.75, 3.05) is 24.3 Å². The van der Waals surface area contributed by atoms with Crippen molar-refractivity contribution in [3.05, 3.63) is 60.7 Å². The monoisotopic (exact) mass is 556 g/mol. The van der Waals surface area contributed by atoms with E-state index >= 15 is 0 Å². The fourth-order valence-corrected chi connectivity index (χ4v) is 5.69. The average molecular weight is 557 g/mol. The first kappa shape index (κ1) is 25.7. The first-order chi connectivity index (χ1) is 19.9. The lowest BCUT2D eigenvalue weighted by Gasteiger charge is -2.35. The van der Waals surface area contributed by atoms with E-state index in [1.165, 1.54) is 25.6 Å². The maximum Gasteiger partial charge on any atom is 0.152 e. The topological polar surface area (TPSA) is 149 Å². The van der Waals surface area contributed by atoms with E-state index in [2.05, 4.69) is 39.3 Å². The quantitative estimate of drug-likeness (QED) is 0.273. The third kappa shape index (κ3) is 4.44. The number of aliphatic hydroxyl groups is 2. The van der Waals surface area contributed by atoms with Crippen LogP contribution in [0.25, 0.3) is 27.7 Å². The molecule has 0 radical (unpaired) electrons. The molecule has 12 nitrogen and oxygen atoms in total. The SMILES string of the molecule is CN(c1ccc2ccc(OC[C@H]3O[C@@H](c4cc(-c5ccn(C)n5)c5c(N)ncnn45)[C@H](O)[C@@H]3O)cc2n1)C1CCC1. The highest BCUT2D eigenvalue weighted by Gasteiger charge is 2.45. The van der Waals surface area contributed by atoms with Crippen molar-refractivity contribution in [1.82, 2.24) is 29.4 Å². The summed E-state index contributed by atoms with van der Waals surface area (Å²) < 4.78 is 15.5. The summed E-state index contributed by atoms with van der Waals surface area (Å²) in [5, 5.41) is 31.8. The van der Waals surface area contributed by atoms with Crippen LogP contribution >= 0.6 is 0 Å². The van der Waals surface area contributed by atoms with E-state index in [0.29, 0.717) is 34.3 Å². The molecule has 0 unspecified atom stereocenters. The summed E-state index contributed by atoms with van der Waals surface area (Å²) in [5.41, 5.74) is 9.51. The number of fused-ring (bicyclic) bond motifs is 2. The highest BCUT2D eigenvalue weighted by molar-refractivity contribution is 5.87. The predicted molar refractivity (Wildman–Crippen MR) is 153 cm³/mol. The van der Waals surface area contributed by atoms with E-state index < -0.39 is 24.4 Å². The van der Waals surface area contributed by atoms with Gasteiger partial charge in [-0.2, -0.15) is 10.2 Å². The lowest BCUT2D eigenvalue weighted by atomic mass is 9.92. The molecule has 12 heteroatoms. The molecule has 5 heterocycles. The van der Waals surface area contributed by atoms with Gasteiger partial charge in [0.05, 0.1) is 16.9 Å². The van der Waals surface area contributed by atoms with Crippen LogP contribution in [0.1, 0.15) is 31.1 Å². The molecule has 0 amide bonds. The van der Waals surface area contributed by atoms with E-state index in [9.17, 15) is 10.2 Å². The first-order valence-electron chi connectivity index (χ1n) is 13.8. The number of aryl methyl sites for hydroxylation is 1. The van der Waals surface area contributed by atoms with Gasteiger partial charge >= 0.3 is 0 Å². The molecule has 2 fully saturated rings. The Labute approximate surface area is 235 Å². The van der Waals surface area contributed by atoms with Gasteiger partial charge in [0.2, 0.25) is 0 Å². The molecule has 0 bridgehead atoms. The number of hydrogen-bond acceptors (Lipinski definition) is 10. The molecule has 1 aliphatic heterocycles. The summed E-state index contributed by atoms with van der Waals surface area (Å²) in [5.74, 6) is 1.81. The lowest BCUT2D eigenvalue weighted by molar-refractivity contribution is -0.0187. The van der Waals surface area contributed by atoms with Crippen LogP contribution in [0.15, 0.2) is 55.0 Å². The average Bonchev–Trinajstić information content (AvgIpc) is 3.62. The number of pyridine rings is 1. The fourth-order valence-electron chi connectivity index (χ4n) is 5.69. The smallest absolute Gasteiger partial charge is 0.152 e. The van der Waals surface area contributed by atoms with Crippen LogP contribution < -0.4 is 15.4 Å². The number of aliphatic hydroxyl groups excluding tert-OH is 2. The minimum Gasteiger partial charge on any atom is -0.491 e. The van der Waals surface area contributed by atoms with Gasteiger partial charge in [-0.05, 0) is 55.7 Å². The van der Waals surface area contributed by atoms with Crippen molar-refractivity contribution in [3.63, 3.8) is 0 Å². The van der Waals surface area contributed by atoms with Gasteiger partial charge in [0, 0.05) is 43.4 Å². The van der Waals surface area contributed by atoms with E-state index in [0.717, 1.165) is 16.7 Å². The molecular formula is C29H32N8O4. The normalized spacial score (nSPS) is 22.8. The Bertz CT molecular complexity index is 1730. The van der Waals surface area contributed by atoms with Crippen LogP contribution in [0.4, 0.5) is 11.6 Å². The number of hydrogen-bond donors (Lipinski definition) is 3. The van der Waals surface area contributed by atoms with Crippen LogP contribution in [0.5, 0.6) is 5.75 Å². The Hall–Kier alpha value is -4.26. The molecule has 1 aliphatic carbocycles. The summed E-state index contributed by atoms with van der Waals surface area (Å²) in [6.07, 6.45) is 2.78. The van der Waals surface area contributed by atoms with Crippen LogP contribution in [0.2, 0.25) is 0 Å². The summed E-state index contributed by atoms with van der Waals surface area (Å²) in [6, 6.07) is 14.1. The maximum absolute atomic E-state index is 11.0. The minimum atomic E-state index is -1.21. The molecular weight excluding hydrogens is 524 g/mol. The fraction of sp³-hybridized carbons (Fsp3) is 0.379. The molecule has 5 aromatic rings. The zero-order chi connectivity index (χ0) is 28.2. The van der Waals surface area contributed by atoms with Gasteiger partial charge < -0.3 is 30.3 Å². The van der Waals surface area contributed by atoms with Gasteiger partial charge in [-0.25, -0.2) is 14.5 Å². The van der Waals surface area contributed by atoms with Gasteiger partial charge in [0.15, 0.2) is 5.82 Å². The Balaban J connectivity index is 1.12. The van der Waals surface area contributed by atoms with Crippen LogP contribution in [-0.4, -0.2) is 77.6 Å². The summed E-state index contributed by atoms with van der Waals surface area (Å²) in [4.78, 5) is 11.2. The molecule has 0 spiro atoms. The summed E-state index contributed by atoms with van der Waals surface area (Å²) in [7, 11) is 3.92.